The Labute approximate surface area is 86.1 Å². The predicted molar refractivity (Wildman–Crippen MR) is 55.6 cm³/mol. The molecule has 0 bridgehead atoms. The minimum atomic E-state index is -0.102. The van der Waals surface area contributed by atoms with E-state index in [9.17, 15) is 4.79 Å². The summed E-state index contributed by atoms with van der Waals surface area (Å²) in [7, 11) is 1.84. The molecule has 0 aromatic carbocycles. The molecule has 72 valence electrons. The van der Waals surface area contributed by atoms with E-state index in [1.807, 2.05) is 7.05 Å². The van der Waals surface area contributed by atoms with Crippen molar-refractivity contribution in [2.75, 3.05) is 20.1 Å². The molecular formula is C8H11ClN2OS. The summed E-state index contributed by atoms with van der Waals surface area (Å²) >= 11 is 7.13. The first-order chi connectivity index (χ1) is 6.25. The Morgan fingerprint density at radius 2 is 2.38 bits per heavy atom. The first-order valence-electron chi connectivity index (χ1n) is 3.91. The fourth-order valence-corrected chi connectivity index (χ4v) is 1.89. The van der Waals surface area contributed by atoms with Gasteiger partial charge in [0.2, 0.25) is 0 Å². The first kappa shape index (κ1) is 10.5. The topological polar surface area (TPSA) is 41.1 Å². The van der Waals surface area contributed by atoms with Crippen molar-refractivity contribution in [3.05, 3.63) is 21.3 Å². The van der Waals surface area contributed by atoms with Crippen LogP contribution in [0.15, 0.2) is 11.4 Å². The van der Waals surface area contributed by atoms with Gasteiger partial charge < -0.3 is 10.6 Å². The van der Waals surface area contributed by atoms with Gasteiger partial charge in [-0.3, -0.25) is 4.79 Å². The van der Waals surface area contributed by atoms with Crippen LogP contribution in [-0.4, -0.2) is 26.0 Å². The molecule has 1 heterocycles. The second kappa shape index (κ2) is 5.21. The highest BCUT2D eigenvalue weighted by atomic mass is 35.5. The molecule has 0 radical (unpaired) electrons. The van der Waals surface area contributed by atoms with E-state index in [-0.39, 0.29) is 5.91 Å². The van der Waals surface area contributed by atoms with Crippen molar-refractivity contribution < 1.29 is 4.79 Å². The van der Waals surface area contributed by atoms with Gasteiger partial charge in [0.25, 0.3) is 5.91 Å². The summed E-state index contributed by atoms with van der Waals surface area (Å²) in [6.45, 7) is 1.37. The van der Waals surface area contributed by atoms with Gasteiger partial charge in [-0.25, -0.2) is 0 Å². The lowest BCUT2D eigenvalue weighted by Crippen LogP contribution is -2.29. The van der Waals surface area contributed by atoms with Gasteiger partial charge in [-0.1, -0.05) is 11.6 Å². The third-order valence-corrected chi connectivity index (χ3v) is 2.82. The molecule has 2 N–H and O–H groups in total. The molecule has 0 saturated heterocycles. The maximum Gasteiger partial charge on any atom is 0.262 e. The Hall–Kier alpha value is -0.580. The third-order valence-electron chi connectivity index (χ3n) is 1.48. The Bertz CT molecular complexity index is 287. The van der Waals surface area contributed by atoms with Crippen molar-refractivity contribution in [3.8, 4) is 0 Å². The summed E-state index contributed by atoms with van der Waals surface area (Å²) in [5, 5.41) is 8.01. The summed E-state index contributed by atoms with van der Waals surface area (Å²) in [4.78, 5) is 12.0. The Morgan fingerprint density at radius 1 is 1.62 bits per heavy atom. The van der Waals surface area contributed by atoms with Crippen molar-refractivity contribution in [1.29, 1.82) is 0 Å². The van der Waals surface area contributed by atoms with E-state index in [4.69, 9.17) is 11.6 Å². The second-order valence-electron chi connectivity index (χ2n) is 2.46. The molecule has 1 rings (SSSR count). The molecule has 0 fully saturated rings. The van der Waals surface area contributed by atoms with Gasteiger partial charge in [0.05, 0.1) is 5.02 Å². The Morgan fingerprint density at radius 3 is 2.92 bits per heavy atom. The highest BCUT2D eigenvalue weighted by molar-refractivity contribution is 7.12. The fraction of sp³-hybridized carbons (Fsp3) is 0.375. The lowest BCUT2D eigenvalue weighted by Gasteiger charge is -2.02. The maximum absolute atomic E-state index is 11.4. The average Bonchev–Trinajstić information content (AvgIpc) is 2.52. The van der Waals surface area contributed by atoms with E-state index in [1.54, 1.807) is 11.4 Å². The van der Waals surface area contributed by atoms with E-state index in [0.29, 0.717) is 16.4 Å². The number of hydrogen-bond acceptors (Lipinski definition) is 3. The van der Waals surface area contributed by atoms with Crippen molar-refractivity contribution in [2.24, 2.45) is 0 Å². The van der Waals surface area contributed by atoms with Gasteiger partial charge in [0.15, 0.2) is 0 Å². The number of hydrogen-bond donors (Lipinski definition) is 2. The summed E-state index contributed by atoms with van der Waals surface area (Å²) in [6.07, 6.45) is 0. The molecule has 0 aliphatic rings. The molecule has 0 aliphatic heterocycles. The summed E-state index contributed by atoms with van der Waals surface area (Å²) in [5.74, 6) is -0.102. The van der Waals surface area contributed by atoms with Crippen molar-refractivity contribution in [1.82, 2.24) is 10.6 Å². The van der Waals surface area contributed by atoms with E-state index in [1.165, 1.54) is 11.3 Å². The summed E-state index contributed by atoms with van der Waals surface area (Å²) in [6, 6.07) is 1.72. The van der Waals surface area contributed by atoms with Crippen LogP contribution in [0.4, 0.5) is 0 Å². The Balaban J connectivity index is 2.45. The molecule has 1 aromatic heterocycles. The largest absolute Gasteiger partial charge is 0.350 e. The smallest absolute Gasteiger partial charge is 0.262 e. The van der Waals surface area contributed by atoms with Gasteiger partial charge in [0.1, 0.15) is 4.88 Å². The molecule has 0 atom stereocenters. The number of carbonyl (C=O) groups is 1. The molecule has 0 unspecified atom stereocenters. The molecule has 5 heteroatoms. The van der Waals surface area contributed by atoms with Crippen LogP contribution >= 0.6 is 22.9 Å². The molecule has 0 spiro atoms. The quantitative estimate of drug-likeness (QED) is 0.750. The highest BCUT2D eigenvalue weighted by Gasteiger charge is 2.10. The van der Waals surface area contributed by atoms with Crippen LogP contribution < -0.4 is 10.6 Å². The van der Waals surface area contributed by atoms with Crippen molar-refractivity contribution in [2.45, 2.75) is 0 Å². The minimum absolute atomic E-state index is 0.102. The van der Waals surface area contributed by atoms with E-state index in [2.05, 4.69) is 10.6 Å². The van der Waals surface area contributed by atoms with E-state index >= 15 is 0 Å². The minimum Gasteiger partial charge on any atom is -0.350 e. The van der Waals surface area contributed by atoms with Gasteiger partial charge >= 0.3 is 0 Å². The van der Waals surface area contributed by atoms with Crippen molar-refractivity contribution >= 4 is 28.8 Å². The van der Waals surface area contributed by atoms with Crippen LogP contribution in [0.2, 0.25) is 5.02 Å². The highest BCUT2D eigenvalue weighted by Crippen LogP contribution is 2.21. The SMILES string of the molecule is CNCCNC(=O)c1sccc1Cl. The molecular weight excluding hydrogens is 208 g/mol. The van der Waals surface area contributed by atoms with Crippen LogP contribution in [0.1, 0.15) is 9.67 Å². The Kier molecular flexibility index (Phi) is 4.21. The fourth-order valence-electron chi connectivity index (χ4n) is 0.837. The average molecular weight is 219 g/mol. The van der Waals surface area contributed by atoms with Crippen molar-refractivity contribution in [3.63, 3.8) is 0 Å². The van der Waals surface area contributed by atoms with Crippen LogP contribution in [0.5, 0.6) is 0 Å². The van der Waals surface area contributed by atoms with Gasteiger partial charge in [-0.15, -0.1) is 11.3 Å². The number of thiophene rings is 1. The van der Waals surface area contributed by atoms with Gasteiger partial charge in [-0.2, -0.15) is 0 Å². The van der Waals surface area contributed by atoms with Crippen LogP contribution in [0, 0.1) is 0 Å². The predicted octanol–water partition coefficient (Wildman–Crippen LogP) is 1.35. The number of nitrogens with one attached hydrogen (secondary N) is 2. The van der Waals surface area contributed by atoms with Crippen LogP contribution in [-0.2, 0) is 0 Å². The van der Waals surface area contributed by atoms with Gasteiger partial charge in [0, 0.05) is 13.1 Å². The molecule has 0 aliphatic carbocycles. The number of rotatable bonds is 4. The monoisotopic (exact) mass is 218 g/mol. The number of carbonyl (C=O) groups excluding carboxylic acids is 1. The lowest BCUT2D eigenvalue weighted by atomic mass is 10.4. The molecule has 3 nitrogen and oxygen atoms in total. The number of halogens is 1. The standard InChI is InChI=1S/C8H11ClN2OS/c1-10-3-4-11-8(12)7-6(9)2-5-13-7/h2,5,10H,3-4H2,1H3,(H,11,12). The number of likely N-dealkylation sites (N-methyl/N-ethyl adjacent to an activating group) is 1. The first-order valence-corrected chi connectivity index (χ1v) is 5.17. The zero-order chi connectivity index (χ0) is 9.68. The van der Waals surface area contributed by atoms with E-state index < -0.39 is 0 Å². The van der Waals surface area contributed by atoms with Crippen LogP contribution in [0.3, 0.4) is 0 Å². The number of amides is 1. The zero-order valence-electron chi connectivity index (χ0n) is 7.26. The van der Waals surface area contributed by atoms with Gasteiger partial charge in [-0.05, 0) is 18.5 Å². The summed E-state index contributed by atoms with van der Waals surface area (Å²) in [5.41, 5.74) is 0. The normalized spacial score (nSPS) is 10.0. The third kappa shape index (κ3) is 2.99. The molecule has 0 saturated carbocycles. The second-order valence-corrected chi connectivity index (χ2v) is 3.78. The maximum atomic E-state index is 11.4. The lowest BCUT2D eigenvalue weighted by molar-refractivity contribution is 0.0958. The zero-order valence-corrected chi connectivity index (χ0v) is 8.84. The van der Waals surface area contributed by atoms with Crippen LogP contribution in [0.25, 0.3) is 0 Å². The molecule has 13 heavy (non-hydrogen) atoms. The van der Waals surface area contributed by atoms with E-state index in [0.717, 1.165) is 6.54 Å². The molecule has 1 amide bonds. The summed E-state index contributed by atoms with van der Waals surface area (Å²) < 4.78 is 0. The molecule has 1 aromatic rings.